The molecule has 0 aliphatic heterocycles. The number of aryl methyl sites for hydroxylation is 1. The molecule has 0 radical (unpaired) electrons. The van der Waals surface area contributed by atoms with Gasteiger partial charge in [0.1, 0.15) is 0 Å². The first kappa shape index (κ1) is 20.9. The molecule has 0 fully saturated rings. The molecule has 1 unspecified atom stereocenters. The number of aromatic amines is 1. The first-order chi connectivity index (χ1) is 12.6. The molecule has 5 nitrogen and oxygen atoms in total. The Morgan fingerprint density at radius 3 is 2.37 bits per heavy atom. The number of ketones is 2. The van der Waals surface area contributed by atoms with Crippen molar-refractivity contribution in [1.82, 2.24) is 4.98 Å². The maximum atomic E-state index is 12.6. The van der Waals surface area contributed by atoms with Gasteiger partial charge in [-0.15, -0.1) is 0 Å². The van der Waals surface area contributed by atoms with Crippen LogP contribution >= 0.6 is 23.2 Å². The fraction of sp³-hybridized carbons (Fsp3) is 0.250. The quantitative estimate of drug-likeness (QED) is 0.416. The lowest BCUT2D eigenvalue weighted by Gasteiger charge is -2.10. The molecule has 0 bridgehead atoms. The summed E-state index contributed by atoms with van der Waals surface area (Å²) >= 11 is 11.8. The number of halogens is 2. The van der Waals surface area contributed by atoms with Crippen LogP contribution < -0.4 is 0 Å². The number of ether oxygens (including phenoxy) is 1. The van der Waals surface area contributed by atoms with Gasteiger partial charge in [-0.3, -0.25) is 9.59 Å². The lowest BCUT2D eigenvalue weighted by molar-refractivity contribution is -0.140. The van der Waals surface area contributed by atoms with Crippen LogP contribution in [0.4, 0.5) is 0 Å². The molecule has 0 saturated heterocycles. The highest BCUT2D eigenvalue weighted by atomic mass is 35.5. The van der Waals surface area contributed by atoms with E-state index in [9.17, 15) is 14.4 Å². The third-order valence-electron chi connectivity index (χ3n) is 4.05. The normalized spacial score (nSPS) is 12.2. The standard InChI is InChI=1S/C20H19Cl2NO4/c1-10-18(12(3)24)11(2)23-19(10)20(26)13(4)27-17(25)8-6-14-5-7-15(21)16(22)9-14/h5-9,13,23H,1-4H3/b8-6+. The number of rotatable bonds is 6. The molecule has 142 valence electrons. The number of esters is 1. The maximum Gasteiger partial charge on any atom is 0.331 e. The predicted molar refractivity (Wildman–Crippen MR) is 106 cm³/mol. The number of H-pyrrole nitrogens is 1. The van der Waals surface area contributed by atoms with Crippen molar-refractivity contribution in [1.29, 1.82) is 0 Å². The Bertz CT molecular complexity index is 944. The summed E-state index contributed by atoms with van der Waals surface area (Å²) in [5.74, 6) is -1.21. The molecular formula is C20H19Cl2NO4. The van der Waals surface area contributed by atoms with Crippen molar-refractivity contribution in [2.45, 2.75) is 33.8 Å². The summed E-state index contributed by atoms with van der Waals surface area (Å²) in [5, 5.41) is 0.784. The van der Waals surface area contributed by atoms with E-state index in [-0.39, 0.29) is 11.5 Å². The second-order valence-corrected chi connectivity index (χ2v) is 6.95. The highest BCUT2D eigenvalue weighted by molar-refractivity contribution is 6.42. The molecule has 0 aliphatic carbocycles. The zero-order valence-electron chi connectivity index (χ0n) is 15.4. The van der Waals surface area contributed by atoms with E-state index in [2.05, 4.69) is 4.98 Å². The number of hydrogen-bond acceptors (Lipinski definition) is 4. The lowest BCUT2D eigenvalue weighted by Crippen LogP contribution is -2.24. The van der Waals surface area contributed by atoms with Crippen molar-refractivity contribution < 1.29 is 19.1 Å². The van der Waals surface area contributed by atoms with E-state index >= 15 is 0 Å². The molecule has 2 rings (SSSR count). The summed E-state index contributed by atoms with van der Waals surface area (Å²) in [6.45, 7) is 6.33. The number of nitrogens with one attached hydrogen (secondary N) is 1. The highest BCUT2D eigenvalue weighted by Crippen LogP contribution is 2.23. The van der Waals surface area contributed by atoms with E-state index in [0.717, 1.165) is 0 Å². The largest absolute Gasteiger partial charge is 0.451 e. The third kappa shape index (κ3) is 4.87. The van der Waals surface area contributed by atoms with E-state index in [1.165, 1.54) is 26.0 Å². The number of Topliss-reactive ketones (excluding diaryl/α,β-unsaturated/α-hetero) is 2. The van der Waals surface area contributed by atoms with Crippen LogP contribution in [0.25, 0.3) is 6.08 Å². The molecule has 0 amide bonds. The Balaban J connectivity index is 2.09. The Labute approximate surface area is 167 Å². The van der Waals surface area contributed by atoms with Crippen LogP contribution in [0.15, 0.2) is 24.3 Å². The van der Waals surface area contributed by atoms with Crippen molar-refractivity contribution in [2.75, 3.05) is 0 Å². The summed E-state index contributed by atoms with van der Waals surface area (Å²) in [5.41, 5.74) is 2.59. The van der Waals surface area contributed by atoms with E-state index in [1.54, 1.807) is 32.0 Å². The van der Waals surface area contributed by atoms with Gasteiger partial charge in [0.05, 0.1) is 15.7 Å². The molecule has 1 aromatic carbocycles. The smallest absolute Gasteiger partial charge is 0.331 e. The van der Waals surface area contributed by atoms with Gasteiger partial charge in [0.2, 0.25) is 5.78 Å². The van der Waals surface area contributed by atoms with Crippen LogP contribution in [0.1, 0.15) is 51.5 Å². The molecule has 2 aromatic rings. The molecule has 1 N–H and O–H groups in total. The topological polar surface area (TPSA) is 76.2 Å². The molecule has 1 atom stereocenters. The average Bonchev–Trinajstić information content (AvgIpc) is 2.89. The predicted octanol–water partition coefficient (Wildman–Crippen LogP) is 4.97. The van der Waals surface area contributed by atoms with Gasteiger partial charge in [0, 0.05) is 17.3 Å². The second kappa shape index (κ2) is 8.55. The van der Waals surface area contributed by atoms with Gasteiger partial charge in [0.15, 0.2) is 11.9 Å². The van der Waals surface area contributed by atoms with Gasteiger partial charge in [-0.05, 0) is 57.0 Å². The molecule has 0 saturated carbocycles. The molecule has 7 heteroatoms. The van der Waals surface area contributed by atoms with Crippen LogP contribution in [-0.2, 0) is 9.53 Å². The number of carbonyl (C=O) groups is 3. The minimum absolute atomic E-state index is 0.130. The lowest BCUT2D eigenvalue weighted by atomic mass is 10.0. The Morgan fingerprint density at radius 1 is 1.15 bits per heavy atom. The number of benzene rings is 1. The van der Waals surface area contributed by atoms with E-state index < -0.39 is 17.9 Å². The van der Waals surface area contributed by atoms with Gasteiger partial charge < -0.3 is 9.72 Å². The number of carbonyl (C=O) groups excluding carboxylic acids is 3. The first-order valence-corrected chi connectivity index (χ1v) is 8.95. The summed E-state index contributed by atoms with van der Waals surface area (Å²) in [6.07, 6.45) is 1.71. The zero-order valence-corrected chi connectivity index (χ0v) is 16.9. The van der Waals surface area contributed by atoms with E-state index in [0.29, 0.717) is 32.4 Å². The third-order valence-corrected chi connectivity index (χ3v) is 4.79. The van der Waals surface area contributed by atoms with Crippen molar-refractivity contribution in [2.24, 2.45) is 0 Å². The number of aromatic nitrogens is 1. The summed E-state index contributed by atoms with van der Waals surface area (Å²) in [6, 6.07) is 4.92. The second-order valence-electron chi connectivity index (χ2n) is 6.13. The Hall–Kier alpha value is -2.37. The molecule has 1 aromatic heterocycles. The van der Waals surface area contributed by atoms with Crippen molar-refractivity contribution in [3.8, 4) is 0 Å². The fourth-order valence-corrected chi connectivity index (χ4v) is 3.08. The van der Waals surface area contributed by atoms with Gasteiger partial charge in [0.25, 0.3) is 0 Å². The van der Waals surface area contributed by atoms with Crippen LogP contribution in [0.5, 0.6) is 0 Å². The minimum atomic E-state index is -1.01. The average molecular weight is 408 g/mol. The van der Waals surface area contributed by atoms with Crippen LogP contribution in [0.2, 0.25) is 10.0 Å². The van der Waals surface area contributed by atoms with Crippen LogP contribution in [0, 0.1) is 13.8 Å². The summed E-state index contributed by atoms with van der Waals surface area (Å²) < 4.78 is 5.17. The fourth-order valence-electron chi connectivity index (χ4n) is 2.78. The van der Waals surface area contributed by atoms with Gasteiger partial charge >= 0.3 is 5.97 Å². The molecule has 1 heterocycles. The maximum absolute atomic E-state index is 12.6. The molecule has 27 heavy (non-hydrogen) atoms. The van der Waals surface area contributed by atoms with Gasteiger partial charge in [-0.1, -0.05) is 29.3 Å². The van der Waals surface area contributed by atoms with Gasteiger partial charge in [-0.2, -0.15) is 0 Å². The monoisotopic (exact) mass is 407 g/mol. The van der Waals surface area contributed by atoms with Crippen LogP contribution in [0.3, 0.4) is 0 Å². The van der Waals surface area contributed by atoms with Gasteiger partial charge in [-0.25, -0.2) is 4.79 Å². The summed E-state index contributed by atoms with van der Waals surface area (Å²) in [4.78, 5) is 39.2. The van der Waals surface area contributed by atoms with E-state index in [1.807, 2.05) is 0 Å². The van der Waals surface area contributed by atoms with Crippen molar-refractivity contribution >= 4 is 46.8 Å². The molecule has 0 spiro atoms. The van der Waals surface area contributed by atoms with Crippen molar-refractivity contribution in [3.05, 3.63) is 62.4 Å². The minimum Gasteiger partial charge on any atom is -0.451 e. The Kier molecular flexibility index (Phi) is 6.63. The molecule has 0 aliphatic rings. The number of hydrogen-bond donors (Lipinski definition) is 1. The Morgan fingerprint density at radius 2 is 1.81 bits per heavy atom. The van der Waals surface area contributed by atoms with Crippen LogP contribution in [-0.4, -0.2) is 28.6 Å². The SMILES string of the molecule is CC(=O)c1c(C)[nH]c(C(=O)C(C)OC(=O)/C=C/c2ccc(Cl)c(Cl)c2)c1C. The van der Waals surface area contributed by atoms with E-state index in [4.69, 9.17) is 27.9 Å². The zero-order chi connectivity index (χ0) is 20.3. The highest BCUT2D eigenvalue weighted by Gasteiger charge is 2.25. The van der Waals surface area contributed by atoms with Crippen molar-refractivity contribution in [3.63, 3.8) is 0 Å². The summed E-state index contributed by atoms with van der Waals surface area (Å²) in [7, 11) is 0. The molecular weight excluding hydrogens is 389 g/mol. The first-order valence-electron chi connectivity index (χ1n) is 8.19.